The van der Waals surface area contributed by atoms with Gasteiger partial charge in [0.2, 0.25) is 5.91 Å². The topological polar surface area (TPSA) is 63.2 Å². The minimum atomic E-state index is -3.00. The number of hydrogen-bond donors (Lipinski definition) is 1. The van der Waals surface area contributed by atoms with E-state index in [2.05, 4.69) is 29.6 Å². The van der Waals surface area contributed by atoms with Crippen molar-refractivity contribution < 1.29 is 13.2 Å². The van der Waals surface area contributed by atoms with Crippen molar-refractivity contribution in [3.05, 3.63) is 35.9 Å². The molecule has 2 aliphatic rings. The van der Waals surface area contributed by atoms with Gasteiger partial charge in [-0.05, 0) is 37.2 Å². The first-order chi connectivity index (χ1) is 11.0. The van der Waals surface area contributed by atoms with Gasteiger partial charge in [-0.25, -0.2) is 8.42 Å². The summed E-state index contributed by atoms with van der Waals surface area (Å²) in [7, 11) is -3.00. The molecule has 1 heterocycles. The van der Waals surface area contributed by atoms with E-state index in [0.29, 0.717) is 12.3 Å². The zero-order chi connectivity index (χ0) is 16.3. The van der Waals surface area contributed by atoms with E-state index in [1.807, 2.05) is 6.07 Å². The number of sulfone groups is 1. The van der Waals surface area contributed by atoms with Crippen molar-refractivity contribution in [3.8, 4) is 0 Å². The molecule has 1 aromatic carbocycles. The molecule has 1 aliphatic heterocycles. The second kappa shape index (κ2) is 7.04. The second-order valence-electron chi connectivity index (χ2n) is 6.95. The molecule has 1 N–H and O–H groups in total. The van der Waals surface area contributed by atoms with Gasteiger partial charge < -0.3 is 5.32 Å². The van der Waals surface area contributed by atoms with Crippen molar-refractivity contribution in [2.45, 2.75) is 44.6 Å². The lowest BCUT2D eigenvalue weighted by atomic mass is 9.80. The number of amides is 1. The summed E-state index contributed by atoms with van der Waals surface area (Å²) in [6, 6.07) is 10.6. The molecule has 3 rings (SSSR count). The Bertz CT molecular complexity index is 641. The SMILES string of the molecule is O=C(NC1CCCCC1Cc1ccccc1)C1CCS(=O)(=O)C1. The molecule has 1 amide bonds. The van der Waals surface area contributed by atoms with E-state index in [1.165, 1.54) is 12.0 Å². The molecule has 4 nitrogen and oxygen atoms in total. The molecule has 126 valence electrons. The molecule has 0 aromatic heterocycles. The van der Waals surface area contributed by atoms with Crippen molar-refractivity contribution in [1.82, 2.24) is 5.32 Å². The molecule has 3 atom stereocenters. The van der Waals surface area contributed by atoms with E-state index in [1.54, 1.807) is 0 Å². The van der Waals surface area contributed by atoms with Gasteiger partial charge in [-0.1, -0.05) is 43.2 Å². The van der Waals surface area contributed by atoms with Gasteiger partial charge in [-0.15, -0.1) is 0 Å². The number of hydrogen-bond acceptors (Lipinski definition) is 3. The number of benzene rings is 1. The van der Waals surface area contributed by atoms with E-state index in [9.17, 15) is 13.2 Å². The van der Waals surface area contributed by atoms with Crippen LogP contribution in [-0.2, 0) is 21.1 Å². The maximum atomic E-state index is 12.4. The Kier molecular flexibility index (Phi) is 5.05. The first-order valence-electron chi connectivity index (χ1n) is 8.58. The van der Waals surface area contributed by atoms with E-state index >= 15 is 0 Å². The van der Waals surface area contributed by atoms with Crippen molar-refractivity contribution in [2.24, 2.45) is 11.8 Å². The number of carbonyl (C=O) groups is 1. The van der Waals surface area contributed by atoms with Crippen LogP contribution in [0.15, 0.2) is 30.3 Å². The summed E-state index contributed by atoms with van der Waals surface area (Å²) in [5.41, 5.74) is 1.31. The van der Waals surface area contributed by atoms with Crippen molar-refractivity contribution in [2.75, 3.05) is 11.5 Å². The Morgan fingerprint density at radius 3 is 2.52 bits per heavy atom. The van der Waals surface area contributed by atoms with Gasteiger partial charge in [-0.3, -0.25) is 4.79 Å². The molecule has 5 heteroatoms. The van der Waals surface area contributed by atoms with Gasteiger partial charge in [-0.2, -0.15) is 0 Å². The molecular formula is C18H25NO3S. The lowest BCUT2D eigenvalue weighted by molar-refractivity contribution is -0.125. The summed E-state index contributed by atoms with van der Waals surface area (Å²) in [6.45, 7) is 0. The Labute approximate surface area is 138 Å². The minimum Gasteiger partial charge on any atom is -0.353 e. The predicted octanol–water partition coefficient (Wildman–Crippen LogP) is 2.34. The zero-order valence-electron chi connectivity index (χ0n) is 13.4. The van der Waals surface area contributed by atoms with Gasteiger partial charge in [0.15, 0.2) is 9.84 Å². The van der Waals surface area contributed by atoms with E-state index in [4.69, 9.17) is 0 Å². The fourth-order valence-electron chi connectivity index (χ4n) is 3.86. The molecule has 0 radical (unpaired) electrons. The van der Waals surface area contributed by atoms with Crippen LogP contribution >= 0.6 is 0 Å². The summed E-state index contributed by atoms with van der Waals surface area (Å²) in [5.74, 6) is 0.224. The summed E-state index contributed by atoms with van der Waals surface area (Å²) in [6.07, 6.45) is 5.94. The van der Waals surface area contributed by atoms with Gasteiger partial charge in [0.25, 0.3) is 0 Å². The summed E-state index contributed by atoms with van der Waals surface area (Å²) in [5, 5.41) is 3.17. The fraction of sp³-hybridized carbons (Fsp3) is 0.611. The summed E-state index contributed by atoms with van der Waals surface area (Å²) in [4.78, 5) is 12.4. The molecule has 0 spiro atoms. The lowest BCUT2D eigenvalue weighted by Gasteiger charge is -2.33. The quantitative estimate of drug-likeness (QED) is 0.918. The lowest BCUT2D eigenvalue weighted by Crippen LogP contribution is -2.45. The predicted molar refractivity (Wildman–Crippen MR) is 90.8 cm³/mol. The first-order valence-corrected chi connectivity index (χ1v) is 10.4. The second-order valence-corrected chi connectivity index (χ2v) is 9.18. The van der Waals surface area contributed by atoms with Crippen molar-refractivity contribution in [1.29, 1.82) is 0 Å². The molecule has 1 saturated heterocycles. The van der Waals surface area contributed by atoms with Crippen LogP contribution in [-0.4, -0.2) is 31.9 Å². The number of nitrogens with one attached hydrogen (secondary N) is 1. The minimum absolute atomic E-state index is 0.0227. The maximum absolute atomic E-state index is 12.4. The highest BCUT2D eigenvalue weighted by Crippen LogP contribution is 2.28. The van der Waals surface area contributed by atoms with E-state index in [-0.39, 0.29) is 29.4 Å². The smallest absolute Gasteiger partial charge is 0.224 e. The third-order valence-electron chi connectivity index (χ3n) is 5.18. The molecule has 23 heavy (non-hydrogen) atoms. The Morgan fingerprint density at radius 1 is 1.09 bits per heavy atom. The normalized spacial score (nSPS) is 30.0. The van der Waals surface area contributed by atoms with Crippen LogP contribution in [0, 0.1) is 11.8 Å². The molecular weight excluding hydrogens is 310 g/mol. The summed E-state index contributed by atoms with van der Waals surface area (Å²) >= 11 is 0. The molecule has 3 unspecified atom stereocenters. The molecule has 0 bridgehead atoms. The number of rotatable bonds is 4. The van der Waals surface area contributed by atoms with E-state index < -0.39 is 9.84 Å². The average Bonchev–Trinajstić information content (AvgIpc) is 2.90. The highest BCUT2D eigenvalue weighted by atomic mass is 32.2. The van der Waals surface area contributed by atoms with Gasteiger partial charge in [0.1, 0.15) is 0 Å². The van der Waals surface area contributed by atoms with Gasteiger partial charge in [0.05, 0.1) is 17.4 Å². The van der Waals surface area contributed by atoms with Crippen LogP contribution in [0.4, 0.5) is 0 Å². The number of carbonyl (C=O) groups excluding carboxylic acids is 1. The van der Waals surface area contributed by atoms with Gasteiger partial charge in [0, 0.05) is 6.04 Å². The average molecular weight is 335 g/mol. The molecule has 1 saturated carbocycles. The van der Waals surface area contributed by atoms with Crippen molar-refractivity contribution >= 4 is 15.7 Å². The standard InChI is InChI=1S/C18H25NO3S/c20-18(16-10-11-23(21,22)13-16)19-17-9-5-4-8-15(17)12-14-6-2-1-3-7-14/h1-3,6-7,15-17H,4-5,8-13H2,(H,19,20). The monoisotopic (exact) mass is 335 g/mol. The molecule has 1 aliphatic carbocycles. The highest BCUT2D eigenvalue weighted by Gasteiger charge is 2.35. The Balaban J connectivity index is 1.61. The van der Waals surface area contributed by atoms with Crippen LogP contribution in [0.25, 0.3) is 0 Å². The first kappa shape index (κ1) is 16.5. The van der Waals surface area contributed by atoms with Crippen LogP contribution in [0.3, 0.4) is 0 Å². The molecule has 1 aromatic rings. The van der Waals surface area contributed by atoms with Crippen LogP contribution in [0.2, 0.25) is 0 Å². The Hall–Kier alpha value is -1.36. The zero-order valence-corrected chi connectivity index (χ0v) is 14.2. The molecule has 2 fully saturated rings. The van der Waals surface area contributed by atoms with Gasteiger partial charge >= 0.3 is 0 Å². The van der Waals surface area contributed by atoms with Crippen LogP contribution in [0.1, 0.15) is 37.7 Å². The van der Waals surface area contributed by atoms with Crippen LogP contribution < -0.4 is 5.32 Å². The third-order valence-corrected chi connectivity index (χ3v) is 6.95. The van der Waals surface area contributed by atoms with Crippen molar-refractivity contribution in [3.63, 3.8) is 0 Å². The van der Waals surface area contributed by atoms with Crippen LogP contribution in [0.5, 0.6) is 0 Å². The van der Waals surface area contributed by atoms with E-state index in [0.717, 1.165) is 25.7 Å². The Morgan fingerprint density at radius 2 is 1.83 bits per heavy atom. The largest absolute Gasteiger partial charge is 0.353 e. The fourth-order valence-corrected chi connectivity index (χ4v) is 5.60. The summed E-state index contributed by atoms with van der Waals surface area (Å²) < 4.78 is 23.1. The highest BCUT2D eigenvalue weighted by molar-refractivity contribution is 7.91. The maximum Gasteiger partial charge on any atom is 0.224 e. The third kappa shape index (κ3) is 4.34.